The number of unbranched alkanes of at least 4 members (excludes halogenated alkanes) is 6. The molecule has 8 nitrogen and oxygen atoms in total. The highest BCUT2D eigenvalue weighted by Crippen LogP contribution is 2.74. The molecule has 4 rings (SSSR count). The van der Waals surface area contributed by atoms with Gasteiger partial charge in [0.05, 0.1) is 5.41 Å². The second-order valence-corrected chi connectivity index (χ2v) is 13.5. The van der Waals surface area contributed by atoms with Gasteiger partial charge in [-0.2, -0.15) is 0 Å². The van der Waals surface area contributed by atoms with Gasteiger partial charge in [0.25, 0.3) is 0 Å². The molecule has 2 saturated carbocycles. The third-order valence-electron chi connectivity index (χ3n) is 10.6. The molecule has 230 valence electrons. The number of fused-ring (bicyclic) bond motifs is 3. The Morgan fingerprint density at radius 3 is 2.22 bits per heavy atom. The van der Waals surface area contributed by atoms with Crippen molar-refractivity contribution in [2.24, 2.45) is 22.7 Å². The van der Waals surface area contributed by atoms with Gasteiger partial charge in [0.15, 0.2) is 5.78 Å². The molecular weight excluding hydrogens is 524 g/mol. The molecule has 0 amide bonds. The first kappa shape index (κ1) is 31.9. The van der Waals surface area contributed by atoms with Gasteiger partial charge in [0.1, 0.15) is 30.0 Å². The largest absolute Gasteiger partial charge is 0.461 e. The van der Waals surface area contributed by atoms with Gasteiger partial charge < -0.3 is 24.8 Å². The number of aliphatic hydroxyl groups excluding tert-OH is 2. The summed E-state index contributed by atoms with van der Waals surface area (Å²) in [6.07, 6.45) is 8.73. The van der Waals surface area contributed by atoms with Gasteiger partial charge >= 0.3 is 11.9 Å². The normalized spacial score (nSPS) is 36.7. The number of ether oxygens (including phenoxy) is 2. The molecule has 0 aliphatic heterocycles. The lowest BCUT2D eigenvalue weighted by atomic mass is 9.63. The van der Waals surface area contributed by atoms with Crippen LogP contribution in [0.15, 0.2) is 23.3 Å². The maximum absolute atomic E-state index is 14.5. The first-order chi connectivity index (χ1) is 19.3. The Balaban J connectivity index is 1.65. The van der Waals surface area contributed by atoms with Crippen LogP contribution in [0.1, 0.15) is 112 Å². The van der Waals surface area contributed by atoms with E-state index in [1.54, 1.807) is 19.1 Å². The van der Waals surface area contributed by atoms with Crippen molar-refractivity contribution in [2.45, 2.75) is 135 Å². The summed E-state index contributed by atoms with van der Waals surface area (Å²) in [5.74, 6) is -2.17. The van der Waals surface area contributed by atoms with Gasteiger partial charge in [0, 0.05) is 30.1 Å². The molecule has 1 spiro atoms. The number of hydrogen-bond donors (Lipinski definition) is 3. The minimum Gasteiger partial charge on any atom is -0.461 e. The minimum atomic E-state index is -2.23. The van der Waals surface area contributed by atoms with Crippen LogP contribution in [0.3, 0.4) is 0 Å². The van der Waals surface area contributed by atoms with Crippen LogP contribution in [-0.4, -0.2) is 63.1 Å². The lowest BCUT2D eigenvalue weighted by molar-refractivity contribution is -0.182. The second-order valence-electron chi connectivity index (χ2n) is 13.5. The predicted molar refractivity (Wildman–Crippen MR) is 154 cm³/mol. The third kappa shape index (κ3) is 5.12. The van der Waals surface area contributed by atoms with Crippen molar-refractivity contribution < 1.29 is 39.2 Å². The smallest absolute Gasteiger partial charge is 0.306 e. The molecule has 3 N–H and O–H groups in total. The Kier molecular flexibility index (Phi) is 9.28. The summed E-state index contributed by atoms with van der Waals surface area (Å²) in [6.45, 7) is 9.53. The number of hydrogen-bond acceptors (Lipinski definition) is 8. The van der Waals surface area contributed by atoms with Crippen LogP contribution in [0.2, 0.25) is 0 Å². The number of rotatable bonds is 13. The molecule has 0 saturated heterocycles. The van der Waals surface area contributed by atoms with E-state index in [-0.39, 0.29) is 42.7 Å². The van der Waals surface area contributed by atoms with E-state index in [9.17, 15) is 29.7 Å². The molecule has 2 bridgehead atoms. The highest BCUT2D eigenvalue weighted by molar-refractivity contribution is 5.95. The summed E-state index contributed by atoms with van der Waals surface area (Å²) in [5, 5.41) is 34.9. The Hall–Kier alpha value is -2.03. The first-order valence-electron chi connectivity index (χ1n) is 15.7. The molecular formula is C33H50O8. The van der Waals surface area contributed by atoms with Crippen molar-refractivity contribution in [3.8, 4) is 0 Å². The number of aliphatic hydroxyl groups is 3. The number of carbonyl (C=O) groups excluding carboxylic acids is 3. The van der Waals surface area contributed by atoms with Gasteiger partial charge in [-0.3, -0.25) is 14.4 Å². The zero-order valence-corrected chi connectivity index (χ0v) is 25.5. The molecule has 4 aliphatic rings. The fraction of sp³-hybridized carbons (Fsp3) is 0.788. The summed E-state index contributed by atoms with van der Waals surface area (Å²) < 4.78 is 11.8. The molecule has 7 atom stereocenters. The molecule has 0 aromatic carbocycles. The first-order valence-corrected chi connectivity index (χ1v) is 15.7. The Morgan fingerprint density at radius 2 is 1.54 bits per heavy atom. The van der Waals surface area contributed by atoms with Crippen molar-refractivity contribution in [3.63, 3.8) is 0 Å². The van der Waals surface area contributed by atoms with E-state index in [1.807, 2.05) is 20.8 Å². The highest BCUT2D eigenvalue weighted by atomic mass is 16.6. The van der Waals surface area contributed by atoms with E-state index in [0.717, 1.165) is 44.9 Å². The molecule has 0 radical (unpaired) electrons. The van der Waals surface area contributed by atoms with Gasteiger partial charge in [-0.15, -0.1) is 0 Å². The molecule has 8 heteroatoms. The zero-order chi connectivity index (χ0) is 30.2. The van der Waals surface area contributed by atoms with Crippen LogP contribution in [-0.2, 0) is 23.9 Å². The summed E-state index contributed by atoms with van der Waals surface area (Å²) >= 11 is 0. The van der Waals surface area contributed by atoms with Gasteiger partial charge in [-0.1, -0.05) is 78.4 Å². The number of esters is 2. The van der Waals surface area contributed by atoms with Gasteiger partial charge in [0.2, 0.25) is 0 Å². The van der Waals surface area contributed by atoms with Crippen LogP contribution in [0.25, 0.3) is 0 Å². The SMILES string of the molecule is CCCCCCCC(=O)O[C@@]12CC[C@]34C=C(C)[C@H](O)[C@@]3(O)[C@H](O)C(COC(=O)CCCCC)=C[C@H](C4=O)[C@@H]1C2(C)C. The Bertz CT molecular complexity index is 1090. The lowest BCUT2D eigenvalue weighted by Gasteiger charge is -2.45. The van der Waals surface area contributed by atoms with Crippen LogP contribution in [0, 0.1) is 22.7 Å². The van der Waals surface area contributed by atoms with Crippen LogP contribution >= 0.6 is 0 Å². The van der Waals surface area contributed by atoms with E-state index in [0.29, 0.717) is 24.8 Å². The van der Waals surface area contributed by atoms with Crippen LogP contribution in [0.4, 0.5) is 0 Å². The minimum absolute atomic E-state index is 0.117. The lowest BCUT2D eigenvalue weighted by Crippen LogP contribution is -2.63. The van der Waals surface area contributed by atoms with Crippen molar-refractivity contribution >= 4 is 17.7 Å². The highest BCUT2D eigenvalue weighted by Gasteiger charge is 2.81. The molecule has 2 fully saturated rings. The molecule has 0 unspecified atom stereocenters. The zero-order valence-electron chi connectivity index (χ0n) is 25.5. The number of Topliss-reactive ketones (excluding diaryl/α,β-unsaturated/α-hetero) is 1. The second kappa shape index (κ2) is 11.9. The van der Waals surface area contributed by atoms with E-state index < -0.39 is 46.1 Å². The number of ketones is 1. The van der Waals surface area contributed by atoms with Gasteiger partial charge in [-0.05, 0) is 43.8 Å². The predicted octanol–water partition coefficient (Wildman–Crippen LogP) is 4.73. The topological polar surface area (TPSA) is 130 Å². The average molecular weight is 575 g/mol. The third-order valence-corrected chi connectivity index (χ3v) is 10.6. The standard InChI is InChI=1S/C33H50O8/c1-6-8-10-11-13-15-25(35)41-32-17-16-31-19-21(3)27(36)33(31,39)28(37)22(20-40-24(34)14-12-9-7-2)18-23(29(31)38)26(32)30(32,4)5/h18-19,23,26-28,36-37,39H,6-17,20H2,1-5H3/t23-,26+,27-,28+,31+,32-,33+/m0/s1. The number of allylic oxidation sites excluding steroid dienone is 1. The molecule has 4 aliphatic carbocycles. The van der Waals surface area contributed by atoms with E-state index in [4.69, 9.17) is 9.47 Å². The quantitative estimate of drug-likeness (QED) is 0.164. The summed E-state index contributed by atoms with van der Waals surface area (Å²) in [5.41, 5.74) is -4.62. The Morgan fingerprint density at radius 1 is 0.927 bits per heavy atom. The molecule has 0 aromatic rings. The fourth-order valence-corrected chi connectivity index (χ4v) is 8.17. The van der Waals surface area contributed by atoms with E-state index in [2.05, 4.69) is 6.92 Å². The van der Waals surface area contributed by atoms with Crippen molar-refractivity contribution in [3.05, 3.63) is 23.3 Å². The van der Waals surface area contributed by atoms with E-state index in [1.165, 1.54) is 0 Å². The fourth-order valence-electron chi connectivity index (χ4n) is 8.17. The molecule has 41 heavy (non-hydrogen) atoms. The summed E-state index contributed by atoms with van der Waals surface area (Å²) in [6, 6.07) is 0. The van der Waals surface area contributed by atoms with Gasteiger partial charge in [-0.25, -0.2) is 0 Å². The van der Waals surface area contributed by atoms with Crippen LogP contribution in [0.5, 0.6) is 0 Å². The van der Waals surface area contributed by atoms with E-state index >= 15 is 0 Å². The maximum atomic E-state index is 14.5. The molecule has 0 heterocycles. The van der Waals surface area contributed by atoms with Crippen LogP contribution < -0.4 is 0 Å². The Labute approximate surface area is 244 Å². The van der Waals surface area contributed by atoms with Crippen molar-refractivity contribution in [2.75, 3.05) is 6.61 Å². The van der Waals surface area contributed by atoms with Crippen molar-refractivity contribution in [1.29, 1.82) is 0 Å². The monoisotopic (exact) mass is 574 g/mol. The molecule has 0 aromatic heterocycles. The number of carbonyl (C=O) groups is 3. The average Bonchev–Trinajstić information content (AvgIpc) is 3.37. The maximum Gasteiger partial charge on any atom is 0.306 e. The van der Waals surface area contributed by atoms with Crippen molar-refractivity contribution in [1.82, 2.24) is 0 Å². The summed E-state index contributed by atoms with van der Waals surface area (Å²) in [4.78, 5) is 40.0. The summed E-state index contributed by atoms with van der Waals surface area (Å²) in [7, 11) is 0.